The van der Waals surface area contributed by atoms with E-state index in [4.69, 9.17) is 5.73 Å². The summed E-state index contributed by atoms with van der Waals surface area (Å²) in [5, 5.41) is 2.90. The minimum Gasteiger partial charge on any atom is -0.326 e. The van der Waals surface area contributed by atoms with Crippen molar-refractivity contribution in [2.24, 2.45) is 5.73 Å². The first kappa shape index (κ1) is 18.2. The lowest BCUT2D eigenvalue weighted by Crippen LogP contribution is -2.13. The van der Waals surface area contributed by atoms with Gasteiger partial charge < -0.3 is 11.1 Å². The van der Waals surface area contributed by atoms with E-state index in [1.165, 1.54) is 5.56 Å². The molecule has 2 aromatic carbocycles. The number of hydrogen-bond acceptors (Lipinski definition) is 2. The van der Waals surface area contributed by atoms with E-state index < -0.39 is 0 Å². The van der Waals surface area contributed by atoms with Crippen molar-refractivity contribution >= 4 is 24.0 Å². The Balaban J connectivity index is 0.00000242. The van der Waals surface area contributed by atoms with Gasteiger partial charge in [0.15, 0.2) is 0 Å². The highest BCUT2D eigenvalue weighted by atomic mass is 35.5. The van der Waals surface area contributed by atoms with Crippen molar-refractivity contribution in [3.05, 3.63) is 65.2 Å². The number of hydrogen-bond donors (Lipinski definition) is 2. The highest BCUT2D eigenvalue weighted by Crippen LogP contribution is 2.23. The van der Waals surface area contributed by atoms with Crippen molar-refractivity contribution in [1.29, 1.82) is 0 Å². The highest BCUT2D eigenvalue weighted by molar-refractivity contribution is 6.04. The summed E-state index contributed by atoms with van der Waals surface area (Å²) < 4.78 is 0. The summed E-state index contributed by atoms with van der Waals surface area (Å²) >= 11 is 0. The fourth-order valence-corrected chi connectivity index (χ4v) is 2.05. The van der Waals surface area contributed by atoms with Gasteiger partial charge >= 0.3 is 0 Å². The van der Waals surface area contributed by atoms with Gasteiger partial charge in [-0.25, -0.2) is 0 Å². The van der Waals surface area contributed by atoms with Crippen LogP contribution < -0.4 is 11.1 Å². The molecular formula is C18H23ClN2O. The quantitative estimate of drug-likeness (QED) is 0.894. The Hall–Kier alpha value is -1.84. The number of nitrogens with one attached hydrogen (secondary N) is 1. The maximum absolute atomic E-state index is 12.2. The van der Waals surface area contributed by atoms with E-state index in [0.29, 0.717) is 12.1 Å². The summed E-state index contributed by atoms with van der Waals surface area (Å²) in [5.74, 6) is -0.109. The van der Waals surface area contributed by atoms with Crippen molar-refractivity contribution in [2.75, 3.05) is 5.32 Å². The summed E-state index contributed by atoms with van der Waals surface area (Å²) in [4.78, 5) is 12.2. The van der Waals surface area contributed by atoms with E-state index in [0.717, 1.165) is 11.3 Å². The third-order valence-electron chi connectivity index (χ3n) is 3.46. The van der Waals surface area contributed by atoms with E-state index in [9.17, 15) is 4.79 Å². The number of nitrogens with two attached hydrogens (primary N) is 1. The standard InChI is InChI=1S/C18H22N2O.ClH/c1-18(2,3)15-8-10-16(11-9-15)20-17(21)14-6-4-13(12-19)5-7-14;/h4-11H,12,19H2,1-3H3,(H,20,21);1H. The Bertz CT molecular complexity index is 613. The molecule has 0 aliphatic carbocycles. The van der Waals surface area contributed by atoms with Crippen molar-refractivity contribution in [3.63, 3.8) is 0 Å². The molecule has 0 saturated carbocycles. The third kappa shape index (κ3) is 4.58. The van der Waals surface area contributed by atoms with Crippen LogP contribution in [0.3, 0.4) is 0 Å². The van der Waals surface area contributed by atoms with Gasteiger partial charge in [-0.3, -0.25) is 4.79 Å². The fourth-order valence-electron chi connectivity index (χ4n) is 2.05. The molecule has 0 fully saturated rings. The maximum atomic E-state index is 12.2. The van der Waals surface area contributed by atoms with Gasteiger partial charge in [0.1, 0.15) is 0 Å². The summed E-state index contributed by atoms with van der Waals surface area (Å²) in [6.07, 6.45) is 0. The van der Waals surface area contributed by atoms with Gasteiger partial charge in [-0.05, 0) is 40.8 Å². The Labute approximate surface area is 138 Å². The Morgan fingerprint density at radius 3 is 2.00 bits per heavy atom. The molecule has 22 heavy (non-hydrogen) atoms. The molecule has 0 unspecified atom stereocenters. The lowest BCUT2D eigenvalue weighted by atomic mass is 9.87. The minimum absolute atomic E-state index is 0. The van der Waals surface area contributed by atoms with E-state index in [1.54, 1.807) is 12.1 Å². The molecule has 1 amide bonds. The molecule has 0 atom stereocenters. The lowest BCUT2D eigenvalue weighted by Gasteiger charge is -2.19. The molecule has 0 heterocycles. The van der Waals surface area contributed by atoms with Gasteiger partial charge in [0.05, 0.1) is 0 Å². The SMILES string of the molecule is CC(C)(C)c1ccc(NC(=O)c2ccc(CN)cc2)cc1.Cl. The highest BCUT2D eigenvalue weighted by Gasteiger charge is 2.13. The van der Waals surface area contributed by atoms with E-state index in [2.05, 4.69) is 26.1 Å². The van der Waals surface area contributed by atoms with Crippen LogP contribution in [0.2, 0.25) is 0 Å². The third-order valence-corrected chi connectivity index (χ3v) is 3.46. The van der Waals surface area contributed by atoms with Crippen LogP contribution in [0.5, 0.6) is 0 Å². The Kier molecular flexibility index (Phi) is 6.15. The largest absolute Gasteiger partial charge is 0.326 e. The molecule has 0 aromatic heterocycles. The molecular weight excluding hydrogens is 296 g/mol. The van der Waals surface area contributed by atoms with Crippen LogP contribution in [0.15, 0.2) is 48.5 Å². The van der Waals surface area contributed by atoms with Crippen molar-refractivity contribution < 1.29 is 4.79 Å². The van der Waals surface area contributed by atoms with Crippen LogP contribution in [0.25, 0.3) is 0 Å². The molecule has 4 heteroatoms. The van der Waals surface area contributed by atoms with Gasteiger partial charge in [0, 0.05) is 17.8 Å². The molecule has 0 saturated heterocycles. The zero-order chi connectivity index (χ0) is 15.5. The second-order valence-corrected chi connectivity index (χ2v) is 6.18. The first-order valence-electron chi connectivity index (χ1n) is 7.11. The van der Waals surface area contributed by atoms with E-state index in [-0.39, 0.29) is 23.7 Å². The molecule has 2 rings (SSSR count). The van der Waals surface area contributed by atoms with Gasteiger partial charge in [0.25, 0.3) is 5.91 Å². The number of carbonyl (C=O) groups is 1. The van der Waals surface area contributed by atoms with Crippen LogP contribution in [0.4, 0.5) is 5.69 Å². The average Bonchev–Trinajstić information content (AvgIpc) is 2.47. The predicted octanol–water partition coefficient (Wildman–Crippen LogP) is 4.12. The Morgan fingerprint density at radius 2 is 1.55 bits per heavy atom. The van der Waals surface area contributed by atoms with Gasteiger partial charge in [-0.2, -0.15) is 0 Å². The number of carbonyl (C=O) groups excluding carboxylic acids is 1. The van der Waals surface area contributed by atoms with Gasteiger partial charge in [-0.15, -0.1) is 12.4 Å². The van der Waals surface area contributed by atoms with E-state index >= 15 is 0 Å². The van der Waals surface area contributed by atoms with Gasteiger partial charge in [0.2, 0.25) is 0 Å². The number of amides is 1. The van der Waals surface area contributed by atoms with Crippen molar-refractivity contribution in [3.8, 4) is 0 Å². The van der Waals surface area contributed by atoms with Crippen LogP contribution in [-0.4, -0.2) is 5.91 Å². The Morgan fingerprint density at radius 1 is 1.00 bits per heavy atom. The molecule has 0 bridgehead atoms. The van der Waals surface area contributed by atoms with Crippen molar-refractivity contribution in [1.82, 2.24) is 0 Å². The normalized spacial score (nSPS) is 10.7. The van der Waals surface area contributed by atoms with Crippen LogP contribution in [0.1, 0.15) is 42.3 Å². The summed E-state index contributed by atoms with van der Waals surface area (Å²) in [6, 6.07) is 15.3. The number of halogens is 1. The molecule has 0 aliphatic heterocycles. The first-order chi connectivity index (χ1) is 9.90. The van der Waals surface area contributed by atoms with Crippen molar-refractivity contribution in [2.45, 2.75) is 32.7 Å². The first-order valence-corrected chi connectivity index (χ1v) is 7.11. The van der Waals surface area contributed by atoms with Crippen LogP contribution in [-0.2, 0) is 12.0 Å². The number of rotatable bonds is 3. The second-order valence-electron chi connectivity index (χ2n) is 6.18. The predicted molar refractivity (Wildman–Crippen MR) is 94.7 cm³/mol. The molecule has 0 aliphatic rings. The topological polar surface area (TPSA) is 55.1 Å². The van der Waals surface area contributed by atoms with Gasteiger partial charge in [-0.1, -0.05) is 45.0 Å². The molecule has 2 aromatic rings. The molecule has 0 spiro atoms. The molecule has 3 N–H and O–H groups in total. The number of benzene rings is 2. The number of anilines is 1. The van der Waals surface area contributed by atoms with Crippen LogP contribution in [0, 0.1) is 0 Å². The molecule has 0 radical (unpaired) electrons. The summed E-state index contributed by atoms with van der Waals surface area (Å²) in [7, 11) is 0. The summed E-state index contributed by atoms with van der Waals surface area (Å²) in [6.45, 7) is 6.98. The lowest BCUT2D eigenvalue weighted by molar-refractivity contribution is 0.102. The maximum Gasteiger partial charge on any atom is 0.255 e. The summed E-state index contributed by atoms with van der Waals surface area (Å²) in [5.41, 5.74) is 9.35. The minimum atomic E-state index is -0.109. The molecule has 118 valence electrons. The fraction of sp³-hybridized carbons (Fsp3) is 0.278. The monoisotopic (exact) mass is 318 g/mol. The molecule has 3 nitrogen and oxygen atoms in total. The average molecular weight is 319 g/mol. The smallest absolute Gasteiger partial charge is 0.255 e. The van der Waals surface area contributed by atoms with Crippen LogP contribution >= 0.6 is 12.4 Å². The second kappa shape index (κ2) is 7.43. The van der Waals surface area contributed by atoms with E-state index in [1.807, 2.05) is 36.4 Å². The zero-order valence-electron chi connectivity index (χ0n) is 13.2. The zero-order valence-corrected chi connectivity index (χ0v) is 14.0.